The maximum absolute atomic E-state index is 12.2. The van der Waals surface area contributed by atoms with Crippen molar-refractivity contribution in [3.8, 4) is 0 Å². The predicted octanol–water partition coefficient (Wildman–Crippen LogP) is 5.98. The van der Waals surface area contributed by atoms with Crippen molar-refractivity contribution in [3.05, 3.63) is 17.3 Å². The highest BCUT2D eigenvalue weighted by molar-refractivity contribution is 6.28. The normalized spacial score (nSPS) is 13.4. The Morgan fingerprint density at radius 2 is 1.43 bits per heavy atom. The summed E-state index contributed by atoms with van der Waals surface area (Å²) in [6.07, 6.45) is 8.26. The van der Waals surface area contributed by atoms with E-state index in [0.29, 0.717) is 0 Å². The molecule has 0 saturated heterocycles. The Morgan fingerprint density at radius 3 is 1.77 bits per heavy atom. The lowest BCUT2D eigenvalue weighted by Crippen LogP contribution is -2.41. The Labute approximate surface area is 213 Å². The third kappa shape index (κ3) is 22.8. The molecule has 0 bridgehead atoms. The monoisotopic (exact) mass is 520 g/mol. The Balaban J connectivity index is 0. The van der Waals surface area contributed by atoms with Crippen molar-refractivity contribution in [1.29, 1.82) is 0 Å². The summed E-state index contributed by atoms with van der Waals surface area (Å²) in [6, 6.07) is 0. The van der Waals surface area contributed by atoms with Crippen molar-refractivity contribution < 1.29 is 23.5 Å². The first-order chi connectivity index (χ1) is 16.1. The largest absolute Gasteiger partial charge is 0.444 e. The molecule has 0 radical (unpaired) electrons. The van der Waals surface area contributed by atoms with Gasteiger partial charge in [-0.05, 0) is 53.1 Å². The number of carbonyl (C=O) groups excluding carboxylic acids is 2. The number of hydrogen-bond acceptors (Lipinski definition) is 7. The van der Waals surface area contributed by atoms with Crippen LogP contribution in [0.3, 0.4) is 0 Å². The van der Waals surface area contributed by atoms with Crippen LogP contribution in [-0.2, 0) is 9.47 Å². The summed E-state index contributed by atoms with van der Waals surface area (Å²) in [5.41, 5.74) is 9.03. The third-order valence-electron chi connectivity index (χ3n) is 3.48. The molecule has 5 N–H and O–H groups in total. The number of nitrogens with one attached hydrogen (secondary N) is 1. The molecular formula is C23H42ClFN6O4. The van der Waals surface area contributed by atoms with Gasteiger partial charge in [0.25, 0.3) is 0 Å². The van der Waals surface area contributed by atoms with Gasteiger partial charge in [0.05, 0.1) is 6.20 Å². The quantitative estimate of drug-likeness (QED) is 0.214. The van der Waals surface area contributed by atoms with Crippen molar-refractivity contribution in [1.82, 2.24) is 15.3 Å². The number of ether oxygens (including phenoxy) is 2. The van der Waals surface area contributed by atoms with Crippen LogP contribution in [0.4, 0.5) is 19.8 Å². The second-order valence-electron chi connectivity index (χ2n) is 9.10. The number of aliphatic imine (C=N–C) groups is 1. The van der Waals surface area contributed by atoms with E-state index >= 15 is 0 Å². The molecular weight excluding hydrogens is 479 g/mol. The summed E-state index contributed by atoms with van der Waals surface area (Å²) < 4.78 is 22.0. The van der Waals surface area contributed by atoms with E-state index in [9.17, 15) is 14.0 Å². The van der Waals surface area contributed by atoms with Gasteiger partial charge in [-0.2, -0.15) is 4.98 Å². The van der Waals surface area contributed by atoms with Gasteiger partial charge in [-0.1, -0.05) is 52.4 Å². The molecule has 1 saturated carbocycles. The fourth-order valence-corrected chi connectivity index (χ4v) is 2.38. The molecule has 1 fully saturated rings. The maximum Gasteiger partial charge on any atom is 0.437 e. The third-order valence-corrected chi connectivity index (χ3v) is 3.66. The summed E-state index contributed by atoms with van der Waals surface area (Å²) in [5.74, 6) is -1.26. The highest BCUT2D eigenvalue weighted by atomic mass is 35.5. The number of halogens is 2. The second kappa shape index (κ2) is 17.7. The van der Waals surface area contributed by atoms with Crippen LogP contribution in [0.25, 0.3) is 0 Å². The minimum atomic E-state index is -0.879. The van der Waals surface area contributed by atoms with Gasteiger partial charge in [-0.3, -0.25) is 5.32 Å². The second-order valence-corrected chi connectivity index (χ2v) is 9.44. The highest BCUT2D eigenvalue weighted by Crippen LogP contribution is 2.15. The zero-order valence-electron chi connectivity index (χ0n) is 22.2. The number of alkyl carbamates (subject to hydrolysis) is 1. The molecule has 1 aromatic heterocycles. The molecule has 1 aromatic rings. The number of guanidine groups is 1. The van der Waals surface area contributed by atoms with Crippen molar-refractivity contribution in [2.45, 2.75) is 105 Å². The Bertz CT molecular complexity index is 780. The lowest BCUT2D eigenvalue weighted by Gasteiger charge is -2.19. The molecule has 0 spiro atoms. The summed E-state index contributed by atoms with van der Waals surface area (Å²) in [7, 11) is 0. The SMILES string of the molecule is C1CCCCC1.CC.CC(C)(C)OC(=O)/N=C(/N)NC(=O)OC(C)(C)C.Nc1nc(Cl)ncc1F. The molecule has 0 unspecified atom stereocenters. The van der Waals surface area contributed by atoms with Gasteiger partial charge in [0.1, 0.15) is 11.2 Å². The Morgan fingerprint density at radius 1 is 1.00 bits per heavy atom. The molecule has 35 heavy (non-hydrogen) atoms. The predicted molar refractivity (Wildman–Crippen MR) is 138 cm³/mol. The molecule has 0 aliphatic heterocycles. The van der Waals surface area contributed by atoms with Crippen LogP contribution in [0, 0.1) is 5.82 Å². The lowest BCUT2D eigenvalue weighted by atomic mass is 10.0. The average molecular weight is 521 g/mol. The van der Waals surface area contributed by atoms with Crippen molar-refractivity contribution in [2.24, 2.45) is 10.7 Å². The van der Waals surface area contributed by atoms with E-state index in [0.717, 1.165) is 6.20 Å². The standard InChI is InChI=1S/C11H21N3O4.C6H12.C4H3ClFN3.C2H6/c1-10(2,3)17-8(15)13-7(12)14-9(16)18-11(4,5)6;1-2-4-6-5-3-1;5-4-8-1-2(6)3(7)9-4;1-2/h1-6H3,(H3,12,13,14,15,16);1-6H2;1H,(H2,7,8,9);1-2H3. The first-order valence-electron chi connectivity index (χ1n) is 11.6. The van der Waals surface area contributed by atoms with Crippen molar-refractivity contribution in [3.63, 3.8) is 0 Å². The number of nitrogen functional groups attached to an aromatic ring is 1. The van der Waals surface area contributed by atoms with Gasteiger partial charge in [0.2, 0.25) is 11.2 Å². The molecule has 202 valence electrons. The van der Waals surface area contributed by atoms with Crippen LogP contribution in [0.15, 0.2) is 11.2 Å². The number of carbonyl (C=O) groups is 2. The number of nitrogens with zero attached hydrogens (tertiary/aromatic N) is 3. The molecule has 1 aliphatic carbocycles. The number of amides is 2. The van der Waals surface area contributed by atoms with Crippen LogP contribution in [-0.4, -0.2) is 39.3 Å². The van der Waals surface area contributed by atoms with Gasteiger partial charge in [0.15, 0.2) is 11.6 Å². The average Bonchev–Trinajstić information content (AvgIpc) is 2.71. The summed E-state index contributed by atoms with van der Waals surface area (Å²) >= 11 is 5.25. The van der Waals surface area contributed by atoms with E-state index in [4.69, 9.17) is 32.5 Å². The fraction of sp³-hybridized carbons (Fsp3) is 0.696. The van der Waals surface area contributed by atoms with E-state index in [2.05, 4.69) is 20.3 Å². The highest BCUT2D eigenvalue weighted by Gasteiger charge is 2.19. The van der Waals surface area contributed by atoms with Gasteiger partial charge in [0, 0.05) is 0 Å². The smallest absolute Gasteiger partial charge is 0.437 e. The Kier molecular flexibility index (Phi) is 17.4. The van der Waals surface area contributed by atoms with E-state index in [1.807, 2.05) is 13.8 Å². The topological polar surface area (TPSA) is 155 Å². The van der Waals surface area contributed by atoms with E-state index < -0.39 is 29.2 Å². The van der Waals surface area contributed by atoms with Gasteiger partial charge in [-0.25, -0.2) is 19.0 Å². The fourth-order valence-electron chi connectivity index (χ4n) is 2.24. The first-order valence-corrected chi connectivity index (χ1v) is 12.0. The zero-order chi connectivity index (χ0) is 27.7. The van der Waals surface area contributed by atoms with Crippen LogP contribution in [0.2, 0.25) is 5.28 Å². The Hall–Kier alpha value is -2.69. The number of nitrogens with two attached hydrogens (primary N) is 2. The number of hydrogen-bond donors (Lipinski definition) is 3. The molecule has 10 nitrogen and oxygen atoms in total. The molecule has 1 heterocycles. The van der Waals surface area contributed by atoms with Crippen LogP contribution < -0.4 is 16.8 Å². The molecule has 1 aliphatic rings. The van der Waals surface area contributed by atoms with Gasteiger partial charge < -0.3 is 20.9 Å². The number of rotatable bonds is 0. The molecule has 0 aromatic carbocycles. The van der Waals surface area contributed by atoms with Gasteiger partial charge in [-0.15, -0.1) is 4.99 Å². The lowest BCUT2D eigenvalue weighted by molar-refractivity contribution is 0.0562. The summed E-state index contributed by atoms with van der Waals surface area (Å²) in [5, 5.41) is 2.07. The molecule has 2 amide bonds. The number of aromatic nitrogens is 2. The van der Waals surface area contributed by atoms with Crippen molar-refractivity contribution in [2.75, 3.05) is 5.73 Å². The maximum atomic E-state index is 12.2. The minimum Gasteiger partial charge on any atom is -0.444 e. The van der Waals surface area contributed by atoms with Crippen LogP contribution in [0.1, 0.15) is 93.9 Å². The zero-order valence-corrected chi connectivity index (χ0v) is 23.0. The van der Waals surface area contributed by atoms with Gasteiger partial charge >= 0.3 is 12.2 Å². The van der Waals surface area contributed by atoms with Crippen LogP contribution >= 0.6 is 11.6 Å². The minimum absolute atomic E-state index is 0.0473. The first kappa shape index (κ1) is 34.5. The number of anilines is 1. The molecule has 12 heteroatoms. The van der Waals surface area contributed by atoms with E-state index in [-0.39, 0.29) is 17.1 Å². The van der Waals surface area contributed by atoms with E-state index in [1.54, 1.807) is 41.5 Å². The molecule has 0 atom stereocenters. The van der Waals surface area contributed by atoms with E-state index in [1.165, 1.54) is 38.5 Å². The summed E-state index contributed by atoms with van der Waals surface area (Å²) in [6.45, 7) is 14.2. The molecule has 2 rings (SSSR count). The van der Waals surface area contributed by atoms with Crippen LogP contribution in [0.5, 0.6) is 0 Å². The van der Waals surface area contributed by atoms with Crippen molar-refractivity contribution >= 4 is 35.6 Å². The summed E-state index contributed by atoms with van der Waals surface area (Å²) in [4.78, 5) is 32.6.